The number of urea groups is 1. The third-order valence-electron chi connectivity index (χ3n) is 3.22. The molecule has 1 aromatic rings. The van der Waals surface area contributed by atoms with E-state index in [1.54, 1.807) is 29.2 Å². The van der Waals surface area contributed by atoms with Crippen LogP contribution in [0, 0.1) is 17.2 Å². The van der Waals surface area contributed by atoms with Crippen molar-refractivity contribution in [1.82, 2.24) is 4.90 Å². The predicted octanol–water partition coefficient (Wildman–Crippen LogP) is 1.37. The Labute approximate surface area is 106 Å². The Bertz CT molecular complexity index is 467. The maximum Gasteiger partial charge on any atom is 0.321 e. The molecule has 3 N–H and O–H groups in total. The molecule has 0 saturated carbocycles. The van der Waals surface area contributed by atoms with Crippen molar-refractivity contribution in [3.63, 3.8) is 0 Å². The number of likely N-dealkylation sites (tertiary alicyclic amines) is 1. The predicted molar refractivity (Wildman–Crippen MR) is 68.9 cm³/mol. The van der Waals surface area contributed by atoms with Gasteiger partial charge in [-0.2, -0.15) is 5.26 Å². The molecule has 5 heteroatoms. The maximum absolute atomic E-state index is 12.0. The summed E-state index contributed by atoms with van der Waals surface area (Å²) in [5.74, 6) is 0.330. The molecule has 1 aliphatic rings. The second-order valence-corrected chi connectivity index (χ2v) is 4.67. The van der Waals surface area contributed by atoms with E-state index >= 15 is 0 Å². The van der Waals surface area contributed by atoms with Crippen LogP contribution in [0.5, 0.6) is 0 Å². The summed E-state index contributed by atoms with van der Waals surface area (Å²) in [4.78, 5) is 13.7. The highest BCUT2D eigenvalue weighted by atomic mass is 16.2. The number of rotatable bonds is 1. The summed E-state index contributed by atoms with van der Waals surface area (Å²) in [5, 5.41) is 11.5. The average Bonchev–Trinajstić information content (AvgIpc) is 2.71. The summed E-state index contributed by atoms with van der Waals surface area (Å²) < 4.78 is 0. The lowest BCUT2D eigenvalue weighted by molar-refractivity contribution is 0.221. The van der Waals surface area contributed by atoms with E-state index < -0.39 is 0 Å². The van der Waals surface area contributed by atoms with Gasteiger partial charge in [0, 0.05) is 24.8 Å². The minimum absolute atomic E-state index is 0.0525. The van der Waals surface area contributed by atoms with E-state index in [1.165, 1.54) is 0 Å². The fourth-order valence-corrected chi connectivity index (χ4v) is 1.99. The van der Waals surface area contributed by atoms with Gasteiger partial charge in [-0.1, -0.05) is 6.92 Å². The molecule has 1 fully saturated rings. The zero-order valence-corrected chi connectivity index (χ0v) is 10.3. The Morgan fingerprint density at radius 2 is 2.11 bits per heavy atom. The lowest BCUT2D eigenvalue weighted by Gasteiger charge is -2.16. The summed E-state index contributed by atoms with van der Waals surface area (Å²) in [6, 6.07) is 8.73. The van der Waals surface area contributed by atoms with Gasteiger partial charge in [0.25, 0.3) is 0 Å². The first kappa shape index (κ1) is 12.4. The van der Waals surface area contributed by atoms with Gasteiger partial charge in [0.1, 0.15) is 0 Å². The van der Waals surface area contributed by atoms with Crippen molar-refractivity contribution in [2.75, 3.05) is 18.4 Å². The van der Waals surface area contributed by atoms with Gasteiger partial charge >= 0.3 is 6.03 Å². The Morgan fingerprint density at radius 1 is 1.44 bits per heavy atom. The molecule has 0 bridgehead atoms. The van der Waals surface area contributed by atoms with Gasteiger partial charge < -0.3 is 16.0 Å². The van der Waals surface area contributed by atoms with Gasteiger partial charge in [-0.15, -0.1) is 0 Å². The molecule has 0 radical (unpaired) electrons. The molecular weight excluding hydrogens is 228 g/mol. The number of hydrogen-bond acceptors (Lipinski definition) is 3. The van der Waals surface area contributed by atoms with Crippen LogP contribution in [0.25, 0.3) is 0 Å². The minimum Gasteiger partial charge on any atom is -0.326 e. The number of anilines is 1. The number of amides is 2. The Balaban J connectivity index is 1.97. The number of hydrogen-bond donors (Lipinski definition) is 2. The third-order valence-corrected chi connectivity index (χ3v) is 3.22. The molecule has 18 heavy (non-hydrogen) atoms. The standard InChI is InChI=1S/C13H16N4O/c1-9-7-17(8-12(9)15)13(18)16-11-4-2-10(6-14)3-5-11/h2-5,9,12H,7-8,15H2,1H3,(H,16,18). The van der Waals surface area contributed by atoms with Crippen molar-refractivity contribution in [3.8, 4) is 6.07 Å². The van der Waals surface area contributed by atoms with Crippen molar-refractivity contribution >= 4 is 11.7 Å². The number of nitriles is 1. The van der Waals surface area contributed by atoms with E-state index in [1.807, 2.05) is 13.0 Å². The molecule has 2 rings (SSSR count). The largest absolute Gasteiger partial charge is 0.326 e. The quantitative estimate of drug-likeness (QED) is 0.782. The van der Waals surface area contributed by atoms with Crippen LogP contribution in [0.1, 0.15) is 12.5 Å². The fourth-order valence-electron chi connectivity index (χ4n) is 1.99. The van der Waals surface area contributed by atoms with E-state index in [2.05, 4.69) is 5.32 Å². The van der Waals surface area contributed by atoms with Crippen molar-refractivity contribution in [1.29, 1.82) is 5.26 Å². The average molecular weight is 244 g/mol. The molecule has 5 nitrogen and oxygen atoms in total. The zero-order valence-electron chi connectivity index (χ0n) is 10.3. The van der Waals surface area contributed by atoms with Crippen LogP contribution in [0.3, 0.4) is 0 Å². The number of carbonyl (C=O) groups excluding carboxylic acids is 1. The zero-order chi connectivity index (χ0) is 13.1. The number of nitrogens with two attached hydrogens (primary N) is 1. The molecule has 0 spiro atoms. The molecule has 0 aromatic heterocycles. The number of nitrogens with one attached hydrogen (secondary N) is 1. The lowest BCUT2D eigenvalue weighted by Crippen LogP contribution is -2.35. The van der Waals surface area contributed by atoms with Gasteiger partial charge in [-0.05, 0) is 30.2 Å². The van der Waals surface area contributed by atoms with Gasteiger partial charge in [0.05, 0.1) is 11.6 Å². The molecule has 1 saturated heterocycles. The van der Waals surface area contributed by atoms with Crippen LogP contribution in [-0.4, -0.2) is 30.1 Å². The summed E-state index contributed by atoms with van der Waals surface area (Å²) in [6.45, 7) is 3.31. The van der Waals surface area contributed by atoms with Gasteiger partial charge in [0.15, 0.2) is 0 Å². The molecule has 2 amide bonds. The highest BCUT2D eigenvalue weighted by molar-refractivity contribution is 5.89. The highest BCUT2D eigenvalue weighted by Crippen LogP contribution is 2.16. The van der Waals surface area contributed by atoms with Crippen molar-refractivity contribution < 1.29 is 4.79 Å². The maximum atomic E-state index is 12.0. The topological polar surface area (TPSA) is 82.2 Å². The number of benzene rings is 1. The van der Waals surface area contributed by atoms with E-state index in [4.69, 9.17) is 11.0 Å². The first-order valence-corrected chi connectivity index (χ1v) is 5.92. The first-order valence-electron chi connectivity index (χ1n) is 5.92. The summed E-state index contributed by atoms with van der Waals surface area (Å²) in [7, 11) is 0. The molecule has 94 valence electrons. The smallest absolute Gasteiger partial charge is 0.321 e. The Morgan fingerprint density at radius 3 is 2.61 bits per heavy atom. The van der Waals surface area contributed by atoms with E-state index in [-0.39, 0.29) is 12.1 Å². The van der Waals surface area contributed by atoms with Crippen molar-refractivity contribution in [2.45, 2.75) is 13.0 Å². The second kappa shape index (κ2) is 5.07. The Hall–Kier alpha value is -2.06. The van der Waals surface area contributed by atoms with E-state index in [9.17, 15) is 4.79 Å². The van der Waals surface area contributed by atoms with E-state index in [0.29, 0.717) is 30.3 Å². The fraction of sp³-hybridized carbons (Fsp3) is 0.385. The summed E-state index contributed by atoms with van der Waals surface area (Å²) in [6.07, 6.45) is 0. The monoisotopic (exact) mass is 244 g/mol. The Kier molecular flexibility index (Phi) is 3.49. The van der Waals surface area contributed by atoms with Crippen LogP contribution < -0.4 is 11.1 Å². The molecule has 1 aliphatic heterocycles. The van der Waals surface area contributed by atoms with Crippen LogP contribution in [0.15, 0.2) is 24.3 Å². The molecule has 0 aliphatic carbocycles. The first-order chi connectivity index (χ1) is 8.60. The summed E-state index contributed by atoms with van der Waals surface area (Å²) in [5.41, 5.74) is 7.14. The molecular formula is C13H16N4O. The van der Waals surface area contributed by atoms with Crippen molar-refractivity contribution in [2.24, 2.45) is 11.7 Å². The summed E-state index contributed by atoms with van der Waals surface area (Å²) >= 11 is 0. The highest BCUT2D eigenvalue weighted by Gasteiger charge is 2.29. The SMILES string of the molecule is CC1CN(C(=O)Nc2ccc(C#N)cc2)CC1N. The molecule has 2 atom stereocenters. The van der Waals surface area contributed by atoms with Crippen LogP contribution in [0.4, 0.5) is 10.5 Å². The number of carbonyl (C=O) groups is 1. The minimum atomic E-state index is -0.139. The molecule has 1 aromatic carbocycles. The van der Waals surface area contributed by atoms with E-state index in [0.717, 1.165) is 0 Å². The molecule has 1 heterocycles. The third kappa shape index (κ3) is 2.60. The lowest BCUT2D eigenvalue weighted by atomic mass is 10.1. The van der Waals surface area contributed by atoms with Crippen LogP contribution in [-0.2, 0) is 0 Å². The second-order valence-electron chi connectivity index (χ2n) is 4.67. The van der Waals surface area contributed by atoms with Crippen molar-refractivity contribution in [3.05, 3.63) is 29.8 Å². The van der Waals surface area contributed by atoms with Crippen LogP contribution >= 0.6 is 0 Å². The number of nitrogens with zero attached hydrogens (tertiary/aromatic N) is 2. The molecule has 2 unspecified atom stereocenters. The van der Waals surface area contributed by atoms with Gasteiger partial charge in [0.2, 0.25) is 0 Å². The normalized spacial score (nSPS) is 22.6. The van der Waals surface area contributed by atoms with Crippen LogP contribution in [0.2, 0.25) is 0 Å². The van der Waals surface area contributed by atoms with Gasteiger partial charge in [-0.25, -0.2) is 4.79 Å². The van der Waals surface area contributed by atoms with Gasteiger partial charge in [-0.3, -0.25) is 0 Å².